The topological polar surface area (TPSA) is 64.3 Å². The zero-order chi connectivity index (χ0) is 14.5. The number of hydrogen-bond donors (Lipinski definition) is 2. The maximum atomic E-state index is 12.8. The van der Waals surface area contributed by atoms with Crippen molar-refractivity contribution in [3.63, 3.8) is 0 Å². The van der Waals surface area contributed by atoms with Gasteiger partial charge in [-0.15, -0.1) is 12.4 Å². The number of halogens is 5. The minimum absolute atomic E-state index is 0. The molecule has 20 heavy (non-hydrogen) atoms. The normalized spacial score (nSPS) is 10.7. The van der Waals surface area contributed by atoms with E-state index in [1.165, 1.54) is 12.1 Å². The van der Waals surface area contributed by atoms with E-state index in [1.54, 1.807) is 0 Å². The van der Waals surface area contributed by atoms with Gasteiger partial charge in [-0.2, -0.15) is 0 Å². The first-order valence-electron chi connectivity index (χ1n) is 5.26. The van der Waals surface area contributed by atoms with Crippen LogP contribution in [0.4, 0.5) is 13.2 Å². The Bertz CT molecular complexity index is 461. The summed E-state index contributed by atoms with van der Waals surface area (Å²) in [6.45, 7) is -2.21. The summed E-state index contributed by atoms with van der Waals surface area (Å²) in [6, 6.07) is 3.51. The first-order chi connectivity index (χ1) is 8.84. The average molecular weight is 333 g/mol. The number of carbonyl (C=O) groups is 1. The Labute approximate surface area is 124 Å². The Hall–Kier alpha value is -1.18. The standard InChI is InChI=1S/C11H12ClF3N2O2.ClH/c12-8-3-7(1-2-9(8)13)19-4-10(18)17-6-11(14,15)5-16;/h1-3H,4-6,16H2,(H,17,18);1H. The Morgan fingerprint density at radius 2 is 2.10 bits per heavy atom. The number of amides is 1. The lowest BCUT2D eigenvalue weighted by Crippen LogP contribution is -2.43. The second kappa shape index (κ2) is 8.18. The maximum absolute atomic E-state index is 12.8. The van der Waals surface area contributed by atoms with Crippen LogP contribution in [-0.4, -0.2) is 31.5 Å². The van der Waals surface area contributed by atoms with Crippen LogP contribution in [0.25, 0.3) is 0 Å². The number of rotatable bonds is 6. The summed E-state index contributed by atoms with van der Waals surface area (Å²) < 4.78 is 43.3. The molecular formula is C11H13Cl2F3N2O2. The lowest BCUT2D eigenvalue weighted by atomic mass is 10.3. The van der Waals surface area contributed by atoms with Crippen LogP contribution >= 0.6 is 24.0 Å². The smallest absolute Gasteiger partial charge is 0.277 e. The second-order valence-electron chi connectivity index (χ2n) is 3.70. The van der Waals surface area contributed by atoms with E-state index in [4.69, 9.17) is 22.1 Å². The molecule has 0 saturated carbocycles. The SMILES string of the molecule is Cl.NCC(F)(F)CNC(=O)COc1ccc(F)c(Cl)c1. The fraction of sp³-hybridized carbons (Fsp3) is 0.364. The highest BCUT2D eigenvalue weighted by Gasteiger charge is 2.27. The molecule has 0 fully saturated rings. The van der Waals surface area contributed by atoms with E-state index >= 15 is 0 Å². The van der Waals surface area contributed by atoms with E-state index in [9.17, 15) is 18.0 Å². The third kappa shape index (κ3) is 6.31. The van der Waals surface area contributed by atoms with Crippen molar-refractivity contribution in [2.75, 3.05) is 19.7 Å². The highest BCUT2D eigenvalue weighted by Crippen LogP contribution is 2.20. The lowest BCUT2D eigenvalue weighted by molar-refractivity contribution is -0.124. The van der Waals surface area contributed by atoms with Gasteiger partial charge in [0.15, 0.2) is 6.61 Å². The van der Waals surface area contributed by atoms with Gasteiger partial charge < -0.3 is 15.8 Å². The molecule has 0 aromatic heterocycles. The van der Waals surface area contributed by atoms with Gasteiger partial charge >= 0.3 is 0 Å². The van der Waals surface area contributed by atoms with Gasteiger partial charge in [0.2, 0.25) is 0 Å². The third-order valence-electron chi connectivity index (χ3n) is 2.10. The molecule has 1 rings (SSSR count). The quantitative estimate of drug-likeness (QED) is 0.837. The first kappa shape index (κ1) is 18.8. The molecule has 0 aliphatic carbocycles. The zero-order valence-corrected chi connectivity index (χ0v) is 11.7. The maximum Gasteiger partial charge on any atom is 0.277 e. The fourth-order valence-corrected chi connectivity index (χ4v) is 1.24. The summed E-state index contributed by atoms with van der Waals surface area (Å²) in [7, 11) is 0. The van der Waals surface area contributed by atoms with E-state index in [2.05, 4.69) is 0 Å². The predicted molar refractivity (Wildman–Crippen MR) is 71.2 cm³/mol. The molecule has 0 heterocycles. The van der Waals surface area contributed by atoms with Gasteiger partial charge in [-0.25, -0.2) is 13.2 Å². The highest BCUT2D eigenvalue weighted by molar-refractivity contribution is 6.30. The van der Waals surface area contributed by atoms with Crippen molar-refractivity contribution in [3.8, 4) is 5.75 Å². The Morgan fingerprint density at radius 1 is 1.45 bits per heavy atom. The monoisotopic (exact) mass is 332 g/mol. The molecule has 0 bridgehead atoms. The van der Waals surface area contributed by atoms with Gasteiger partial charge in [-0.1, -0.05) is 11.6 Å². The Kier molecular flexibility index (Phi) is 7.70. The second-order valence-corrected chi connectivity index (χ2v) is 4.11. The summed E-state index contributed by atoms with van der Waals surface area (Å²) in [5.41, 5.74) is 4.81. The predicted octanol–water partition coefficient (Wildman–Crippen LogP) is 1.99. The van der Waals surface area contributed by atoms with Crippen LogP contribution in [-0.2, 0) is 4.79 Å². The largest absolute Gasteiger partial charge is 0.484 e. The lowest BCUT2D eigenvalue weighted by Gasteiger charge is -2.14. The molecule has 0 radical (unpaired) electrons. The molecule has 3 N–H and O–H groups in total. The molecule has 1 aromatic rings. The van der Waals surface area contributed by atoms with Crippen molar-refractivity contribution in [1.29, 1.82) is 0 Å². The summed E-state index contributed by atoms with van der Waals surface area (Å²) in [5, 5.41) is 1.81. The average Bonchev–Trinajstić information content (AvgIpc) is 2.38. The van der Waals surface area contributed by atoms with Crippen molar-refractivity contribution < 1.29 is 22.7 Å². The summed E-state index contributed by atoms with van der Waals surface area (Å²) in [6.07, 6.45) is 0. The van der Waals surface area contributed by atoms with Crippen LogP contribution < -0.4 is 15.8 Å². The van der Waals surface area contributed by atoms with Gasteiger partial charge in [0.25, 0.3) is 11.8 Å². The number of alkyl halides is 2. The van der Waals surface area contributed by atoms with Crippen LogP contribution in [0.2, 0.25) is 5.02 Å². The summed E-state index contributed by atoms with van der Waals surface area (Å²) in [5.74, 6) is -4.36. The molecule has 0 atom stereocenters. The first-order valence-corrected chi connectivity index (χ1v) is 5.64. The molecule has 0 spiro atoms. The molecule has 114 valence electrons. The van der Waals surface area contributed by atoms with E-state index in [0.29, 0.717) is 0 Å². The number of nitrogens with two attached hydrogens (primary N) is 1. The van der Waals surface area contributed by atoms with Crippen LogP contribution in [0.3, 0.4) is 0 Å². The number of benzene rings is 1. The Balaban J connectivity index is 0.00000361. The minimum Gasteiger partial charge on any atom is -0.484 e. The molecule has 9 heteroatoms. The van der Waals surface area contributed by atoms with Crippen LogP contribution in [0.5, 0.6) is 5.75 Å². The zero-order valence-electron chi connectivity index (χ0n) is 10.2. The molecule has 1 amide bonds. The molecule has 0 aliphatic rings. The number of carbonyl (C=O) groups excluding carboxylic acids is 1. The van der Waals surface area contributed by atoms with Crippen LogP contribution in [0.1, 0.15) is 0 Å². The van der Waals surface area contributed by atoms with Crippen molar-refractivity contribution in [2.24, 2.45) is 5.73 Å². The third-order valence-corrected chi connectivity index (χ3v) is 2.39. The van der Waals surface area contributed by atoms with Gasteiger partial charge in [-0.05, 0) is 12.1 Å². The van der Waals surface area contributed by atoms with Gasteiger partial charge in [-0.3, -0.25) is 4.79 Å². The number of hydrogen-bond acceptors (Lipinski definition) is 3. The van der Waals surface area contributed by atoms with E-state index in [-0.39, 0.29) is 23.2 Å². The van der Waals surface area contributed by atoms with Crippen LogP contribution in [0, 0.1) is 5.82 Å². The molecule has 0 aliphatic heterocycles. The van der Waals surface area contributed by atoms with Gasteiger partial charge in [0, 0.05) is 6.07 Å². The summed E-state index contributed by atoms with van der Waals surface area (Å²) >= 11 is 5.50. The van der Waals surface area contributed by atoms with Crippen molar-refractivity contribution in [1.82, 2.24) is 5.32 Å². The van der Waals surface area contributed by atoms with Gasteiger partial charge in [0.05, 0.1) is 18.1 Å². The molecule has 0 saturated heterocycles. The Morgan fingerprint density at radius 3 is 2.65 bits per heavy atom. The number of ether oxygens (including phenoxy) is 1. The van der Waals surface area contributed by atoms with Crippen LogP contribution in [0.15, 0.2) is 18.2 Å². The molecular weight excluding hydrogens is 320 g/mol. The van der Waals surface area contributed by atoms with E-state index < -0.39 is 37.3 Å². The minimum atomic E-state index is -3.16. The molecule has 0 unspecified atom stereocenters. The van der Waals surface area contributed by atoms with Crippen molar-refractivity contribution in [3.05, 3.63) is 29.0 Å². The summed E-state index contributed by atoms with van der Waals surface area (Å²) in [4.78, 5) is 11.2. The highest BCUT2D eigenvalue weighted by atomic mass is 35.5. The fourth-order valence-electron chi connectivity index (χ4n) is 1.07. The van der Waals surface area contributed by atoms with Crippen molar-refractivity contribution >= 4 is 29.9 Å². The van der Waals surface area contributed by atoms with E-state index in [1.807, 2.05) is 5.32 Å². The molecule has 1 aromatic carbocycles. The molecule has 4 nitrogen and oxygen atoms in total. The van der Waals surface area contributed by atoms with E-state index in [0.717, 1.165) is 6.07 Å². The number of nitrogens with one attached hydrogen (secondary N) is 1. The van der Waals surface area contributed by atoms with Gasteiger partial charge in [0.1, 0.15) is 11.6 Å². The van der Waals surface area contributed by atoms with Crippen molar-refractivity contribution in [2.45, 2.75) is 5.92 Å².